The molecule has 0 saturated carbocycles. The Morgan fingerprint density at radius 2 is 1.95 bits per heavy atom. The largest absolute Gasteiger partial charge is 0.489 e. The molecule has 1 amide bonds. The van der Waals surface area contributed by atoms with Crippen LogP contribution in [-0.4, -0.2) is 12.5 Å². The number of aryl methyl sites for hydroxylation is 1. The highest BCUT2D eigenvalue weighted by molar-refractivity contribution is 5.94. The van der Waals surface area contributed by atoms with E-state index in [-0.39, 0.29) is 5.91 Å². The van der Waals surface area contributed by atoms with Crippen molar-refractivity contribution in [2.45, 2.75) is 26.9 Å². The first-order valence-electron chi connectivity index (χ1n) is 7.26. The first kappa shape index (κ1) is 15.1. The van der Waals surface area contributed by atoms with Crippen molar-refractivity contribution >= 4 is 5.91 Å². The molecule has 0 radical (unpaired) electrons. The molecule has 2 aromatic rings. The number of benzene rings is 2. The van der Waals surface area contributed by atoms with Crippen LogP contribution in [0.2, 0.25) is 0 Å². The van der Waals surface area contributed by atoms with Crippen molar-refractivity contribution in [2.75, 3.05) is 6.54 Å². The van der Waals surface area contributed by atoms with Gasteiger partial charge in [-0.25, -0.2) is 0 Å². The lowest BCUT2D eigenvalue weighted by molar-refractivity contribution is 0.0953. The smallest absolute Gasteiger partial charge is 0.251 e. The maximum atomic E-state index is 11.9. The second-order valence-corrected chi connectivity index (χ2v) is 5.00. The van der Waals surface area contributed by atoms with Crippen molar-refractivity contribution in [3.05, 3.63) is 65.2 Å². The number of ether oxygens (including phenoxy) is 1. The lowest BCUT2D eigenvalue weighted by Crippen LogP contribution is -2.23. The zero-order chi connectivity index (χ0) is 15.1. The van der Waals surface area contributed by atoms with E-state index >= 15 is 0 Å². The van der Waals surface area contributed by atoms with Crippen LogP contribution in [0.5, 0.6) is 5.75 Å². The fraction of sp³-hybridized carbons (Fsp3) is 0.278. The molecule has 0 aliphatic rings. The van der Waals surface area contributed by atoms with E-state index in [1.165, 1.54) is 5.56 Å². The third-order valence-electron chi connectivity index (χ3n) is 3.29. The van der Waals surface area contributed by atoms with Crippen molar-refractivity contribution in [1.29, 1.82) is 0 Å². The number of nitrogens with one attached hydrogen (secondary N) is 1. The lowest BCUT2D eigenvalue weighted by atomic mass is 10.1. The minimum absolute atomic E-state index is 0.0572. The number of hydrogen-bond acceptors (Lipinski definition) is 2. The van der Waals surface area contributed by atoms with Crippen LogP contribution >= 0.6 is 0 Å². The molecular formula is C18H21NO2. The van der Waals surface area contributed by atoms with E-state index in [2.05, 4.69) is 18.3 Å². The van der Waals surface area contributed by atoms with E-state index in [9.17, 15) is 4.79 Å². The van der Waals surface area contributed by atoms with Gasteiger partial charge in [0.05, 0.1) is 0 Å². The Labute approximate surface area is 126 Å². The average Bonchev–Trinajstić information content (AvgIpc) is 2.52. The Bertz CT molecular complexity index is 608. The molecule has 0 heterocycles. The molecule has 2 aromatic carbocycles. The summed E-state index contributed by atoms with van der Waals surface area (Å²) in [7, 11) is 0. The van der Waals surface area contributed by atoms with E-state index in [4.69, 9.17) is 4.74 Å². The van der Waals surface area contributed by atoms with Crippen molar-refractivity contribution in [2.24, 2.45) is 0 Å². The molecular weight excluding hydrogens is 262 g/mol. The van der Waals surface area contributed by atoms with Crippen LogP contribution in [0, 0.1) is 6.92 Å². The first-order chi connectivity index (χ1) is 10.2. The maximum Gasteiger partial charge on any atom is 0.251 e. The van der Waals surface area contributed by atoms with E-state index in [1.807, 2.05) is 37.3 Å². The summed E-state index contributed by atoms with van der Waals surface area (Å²) in [5, 5.41) is 2.86. The third kappa shape index (κ3) is 4.35. The summed E-state index contributed by atoms with van der Waals surface area (Å²) in [6, 6.07) is 15.4. The zero-order valence-electron chi connectivity index (χ0n) is 12.6. The van der Waals surface area contributed by atoms with Gasteiger partial charge in [0, 0.05) is 12.1 Å². The van der Waals surface area contributed by atoms with E-state index in [0.717, 1.165) is 12.0 Å². The van der Waals surface area contributed by atoms with Crippen LogP contribution in [0.3, 0.4) is 0 Å². The topological polar surface area (TPSA) is 38.3 Å². The summed E-state index contributed by atoms with van der Waals surface area (Å²) in [5.74, 6) is 0.653. The van der Waals surface area contributed by atoms with Gasteiger partial charge in [0.25, 0.3) is 5.91 Å². The van der Waals surface area contributed by atoms with Crippen LogP contribution in [0.25, 0.3) is 0 Å². The SMILES string of the molecule is CCCNC(=O)c1cccc(OCc2ccccc2C)c1. The molecule has 0 aliphatic carbocycles. The lowest BCUT2D eigenvalue weighted by Gasteiger charge is -2.10. The first-order valence-corrected chi connectivity index (χ1v) is 7.26. The van der Waals surface area contributed by atoms with Gasteiger partial charge in [-0.15, -0.1) is 0 Å². The summed E-state index contributed by atoms with van der Waals surface area (Å²) in [6.07, 6.45) is 0.926. The molecule has 3 heteroatoms. The Balaban J connectivity index is 2.01. The van der Waals surface area contributed by atoms with E-state index in [1.54, 1.807) is 12.1 Å². The van der Waals surface area contributed by atoms with E-state index < -0.39 is 0 Å². The summed E-state index contributed by atoms with van der Waals surface area (Å²) in [6.45, 7) is 5.29. The average molecular weight is 283 g/mol. The second kappa shape index (κ2) is 7.48. The van der Waals surface area contributed by atoms with Gasteiger partial charge in [-0.05, 0) is 42.7 Å². The summed E-state index contributed by atoms with van der Waals surface area (Å²) >= 11 is 0. The Kier molecular flexibility index (Phi) is 5.38. The molecule has 21 heavy (non-hydrogen) atoms. The summed E-state index contributed by atoms with van der Waals surface area (Å²) in [5.41, 5.74) is 2.98. The zero-order valence-corrected chi connectivity index (χ0v) is 12.6. The van der Waals surface area contributed by atoms with Gasteiger partial charge in [0.1, 0.15) is 12.4 Å². The fourth-order valence-corrected chi connectivity index (χ4v) is 2.00. The summed E-state index contributed by atoms with van der Waals surface area (Å²) < 4.78 is 5.79. The maximum absolute atomic E-state index is 11.9. The molecule has 0 atom stereocenters. The Hall–Kier alpha value is -2.29. The molecule has 110 valence electrons. The molecule has 0 unspecified atom stereocenters. The van der Waals surface area contributed by atoms with Gasteiger partial charge in [0.2, 0.25) is 0 Å². The van der Waals surface area contributed by atoms with Crippen LogP contribution in [0.1, 0.15) is 34.8 Å². The second-order valence-electron chi connectivity index (χ2n) is 5.00. The van der Waals surface area contributed by atoms with Crippen LogP contribution < -0.4 is 10.1 Å². The van der Waals surface area contributed by atoms with Gasteiger partial charge < -0.3 is 10.1 Å². The number of carbonyl (C=O) groups excluding carboxylic acids is 1. The molecule has 0 spiro atoms. The number of hydrogen-bond donors (Lipinski definition) is 1. The van der Waals surface area contributed by atoms with Gasteiger partial charge in [0.15, 0.2) is 0 Å². The molecule has 1 N–H and O–H groups in total. The standard InChI is InChI=1S/C18H21NO2/c1-3-11-19-18(20)15-9-6-10-17(12-15)21-13-16-8-5-4-7-14(16)2/h4-10,12H,3,11,13H2,1-2H3,(H,19,20). The predicted octanol–water partition coefficient (Wildman–Crippen LogP) is 3.71. The molecule has 0 saturated heterocycles. The molecule has 0 fully saturated rings. The minimum Gasteiger partial charge on any atom is -0.489 e. The highest BCUT2D eigenvalue weighted by Crippen LogP contribution is 2.16. The Morgan fingerprint density at radius 3 is 2.71 bits per heavy atom. The minimum atomic E-state index is -0.0572. The van der Waals surface area contributed by atoms with Crippen molar-refractivity contribution < 1.29 is 9.53 Å². The quantitative estimate of drug-likeness (QED) is 0.877. The normalized spacial score (nSPS) is 10.2. The molecule has 0 aromatic heterocycles. The molecule has 3 nitrogen and oxygen atoms in total. The number of amides is 1. The van der Waals surface area contributed by atoms with Crippen molar-refractivity contribution in [1.82, 2.24) is 5.32 Å². The van der Waals surface area contributed by atoms with Crippen molar-refractivity contribution in [3.63, 3.8) is 0 Å². The van der Waals surface area contributed by atoms with Gasteiger partial charge in [-0.1, -0.05) is 37.3 Å². The Morgan fingerprint density at radius 1 is 1.14 bits per heavy atom. The summed E-state index contributed by atoms with van der Waals surface area (Å²) in [4.78, 5) is 11.9. The highest BCUT2D eigenvalue weighted by atomic mass is 16.5. The highest BCUT2D eigenvalue weighted by Gasteiger charge is 2.06. The molecule has 2 rings (SSSR count). The van der Waals surface area contributed by atoms with Gasteiger partial charge >= 0.3 is 0 Å². The van der Waals surface area contributed by atoms with E-state index in [0.29, 0.717) is 24.5 Å². The number of carbonyl (C=O) groups is 1. The van der Waals surface area contributed by atoms with Crippen molar-refractivity contribution in [3.8, 4) is 5.75 Å². The number of rotatable bonds is 6. The third-order valence-corrected chi connectivity index (χ3v) is 3.29. The molecule has 0 aliphatic heterocycles. The predicted molar refractivity (Wildman–Crippen MR) is 84.6 cm³/mol. The van der Waals surface area contributed by atoms with Crippen LogP contribution in [-0.2, 0) is 6.61 Å². The van der Waals surface area contributed by atoms with Gasteiger partial charge in [-0.3, -0.25) is 4.79 Å². The van der Waals surface area contributed by atoms with Crippen LogP contribution in [0.15, 0.2) is 48.5 Å². The van der Waals surface area contributed by atoms with Crippen LogP contribution in [0.4, 0.5) is 0 Å². The van der Waals surface area contributed by atoms with Gasteiger partial charge in [-0.2, -0.15) is 0 Å². The fourth-order valence-electron chi connectivity index (χ4n) is 2.00. The monoisotopic (exact) mass is 283 g/mol. The molecule has 0 bridgehead atoms.